The highest BCUT2D eigenvalue weighted by molar-refractivity contribution is 6.31. The van der Waals surface area contributed by atoms with Crippen molar-refractivity contribution in [3.05, 3.63) is 46.7 Å². The van der Waals surface area contributed by atoms with Crippen LogP contribution in [0.15, 0.2) is 30.5 Å². The van der Waals surface area contributed by atoms with E-state index in [4.69, 9.17) is 22.1 Å². The number of benzene rings is 1. The number of aromatic nitrogens is 2. The first-order valence-corrected chi connectivity index (χ1v) is 7.06. The predicted octanol–water partition coefficient (Wildman–Crippen LogP) is 3.18. The van der Waals surface area contributed by atoms with Gasteiger partial charge in [0.05, 0.1) is 23.9 Å². The van der Waals surface area contributed by atoms with Gasteiger partial charge in [0.2, 0.25) is 0 Å². The molecule has 2 rings (SSSR count). The van der Waals surface area contributed by atoms with E-state index in [0.29, 0.717) is 5.02 Å². The first-order chi connectivity index (χ1) is 9.58. The second-order valence-corrected chi connectivity index (χ2v) is 5.21. The van der Waals surface area contributed by atoms with Crippen LogP contribution in [-0.2, 0) is 0 Å². The number of rotatable bonds is 5. The van der Waals surface area contributed by atoms with Crippen molar-refractivity contribution in [1.29, 1.82) is 0 Å². The maximum Gasteiger partial charge on any atom is 0.124 e. The Morgan fingerprint density at radius 2 is 2.10 bits per heavy atom. The largest absolute Gasteiger partial charge is 0.496 e. The summed E-state index contributed by atoms with van der Waals surface area (Å²) in [6.45, 7) is 3.95. The molecule has 5 heteroatoms. The van der Waals surface area contributed by atoms with Gasteiger partial charge in [-0.3, -0.25) is 4.68 Å². The average Bonchev–Trinajstić information content (AvgIpc) is 2.78. The highest BCUT2D eigenvalue weighted by atomic mass is 35.5. The fourth-order valence-corrected chi connectivity index (χ4v) is 2.44. The molecule has 0 bridgehead atoms. The molecule has 1 aromatic heterocycles. The molecular formula is C15H20ClN3O. The molecule has 0 amide bonds. The van der Waals surface area contributed by atoms with E-state index in [-0.39, 0.29) is 12.1 Å². The summed E-state index contributed by atoms with van der Waals surface area (Å²) < 4.78 is 7.29. The number of hydrogen-bond donors (Lipinski definition) is 1. The Hall–Kier alpha value is -1.52. The standard InChI is InChI=1S/C15H20ClN3O/c1-4-13(17)15(19-9-12(16)10(2)18-19)11-7-5-6-8-14(11)20-3/h5-9,13,15H,4,17H2,1-3H3. The summed E-state index contributed by atoms with van der Waals surface area (Å²) in [5, 5.41) is 5.13. The molecule has 2 aromatic rings. The molecule has 108 valence electrons. The quantitative estimate of drug-likeness (QED) is 0.921. The lowest BCUT2D eigenvalue weighted by Crippen LogP contribution is -2.33. The molecule has 0 saturated heterocycles. The smallest absolute Gasteiger partial charge is 0.124 e. The van der Waals surface area contributed by atoms with Gasteiger partial charge in [0.25, 0.3) is 0 Å². The van der Waals surface area contributed by atoms with E-state index in [1.54, 1.807) is 7.11 Å². The molecule has 0 aliphatic heterocycles. The zero-order valence-corrected chi connectivity index (χ0v) is 12.8. The predicted molar refractivity (Wildman–Crippen MR) is 81.4 cm³/mol. The molecular weight excluding hydrogens is 274 g/mol. The van der Waals surface area contributed by atoms with Crippen LogP contribution >= 0.6 is 11.6 Å². The molecule has 1 heterocycles. The summed E-state index contributed by atoms with van der Waals surface area (Å²) >= 11 is 6.13. The summed E-state index contributed by atoms with van der Waals surface area (Å²) in [6, 6.07) is 7.71. The molecule has 0 aliphatic rings. The number of aryl methyl sites for hydroxylation is 1. The van der Waals surface area contributed by atoms with Gasteiger partial charge in [-0.1, -0.05) is 36.7 Å². The number of nitrogens with zero attached hydrogens (tertiary/aromatic N) is 2. The fourth-order valence-electron chi connectivity index (χ4n) is 2.31. The Morgan fingerprint density at radius 1 is 1.40 bits per heavy atom. The van der Waals surface area contributed by atoms with Crippen LogP contribution < -0.4 is 10.5 Å². The van der Waals surface area contributed by atoms with E-state index in [1.165, 1.54) is 0 Å². The summed E-state index contributed by atoms with van der Waals surface area (Å²) in [4.78, 5) is 0. The van der Waals surface area contributed by atoms with Crippen molar-refractivity contribution in [2.24, 2.45) is 5.73 Å². The minimum atomic E-state index is -0.0950. The number of para-hydroxylation sites is 1. The monoisotopic (exact) mass is 293 g/mol. The van der Waals surface area contributed by atoms with E-state index in [1.807, 2.05) is 42.1 Å². The van der Waals surface area contributed by atoms with Gasteiger partial charge in [0.1, 0.15) is 5.75 Å². The second kappa shape index (κ2) is 6.29. The average molecular weight is 294 g/mol. The van der Waals surface area contributed by atoms with Crippen LogP contribution in [0.5, 0.6) is 5.75 Å². The van der Waals surface area contributed by atoms with Crippen molar-refractivity contribution in [2.75, 3.05) is 7.11 Å². The molecule has 0 aliphatic carbocycles. The molecule has 20 heavy (non-hydrogen) atoms. The third-order valence-corrected chi connectivity index (χ3v) is 3.85. The summed E-state index contributed by atoms with van der Waals surface area (Å²) in [7, 11) is 1.66. The number of nitrogens with two attached hydrogens (primary N) is 1. The molecule has 2 N–H and O–H groups in total. The van der Waals surface area contributed by atoms with Gasteiger partial charge in [-0.2, -0.15) is 5.10 Å². The van der Waals surface area contributed by atoms with Crippen LogP contribution in [0, 0.1) is 6.92 Å². The number of ether oxygens (including phenoxy) is 1. The zero-order chi connectivity index (χ0) is 14.7. The Bertz CT molecular complexity index is 563. The molecule has 0 spiro atoms. The van der Waals surface area contributed by atoms with Crippen molar-refractivity contribution in [2.45, 2.75) is 32.4 Å². The number of methoxy groups -OCH3 is 1. The SMILES string of the molecule is CCC(N)C(c1ccccc1OC)n1cc(Cl)c(C)n1. The van der Waals surface area contributed by atoms with Crippen molar-refractivity contribution in [3.8, 4) is 5.75 Å². The van der Waals surface area contributed by atoms with Crippen LogP contribution in [-0.4, -0.2) is 22.9 Å². The van der Waals surface area contributed by atoms with Gasteiger partial charge in [-0.05, 0) is 19.4 Å². The van der Waals surface area contributed by atoms with E-state index in [0.717, 1.165) is 23.4 Å². The van der Waals surface area contributed by atoms with E-state index in [9.17, 15) is 0 Å². The summed E-state index contributed by atoms with van der Waals surface area (Å²) in [5.41, 5.74) is 8.12. The lowest BCUT2D eigenvalue weighted by molar-refractivity contribution is 0.375. The van der Waals surface area contributed by atoms with Crippen molar-refractivity contribution in [1.82, 2.24) is 9.78 Å². The summed E-state index contributed by atoms with van der Waals surface area (Å²) in [5.74, 6) is 0.811. The third-order valence-electron chi connectivity index (χ3n) is 3.48. The molecule has 2 atom stereocenters. The third kappa shape index (κ3) is 2.81. The highest BCUT2D eigenvalue weighted by Crippen LogP contribution is 2.31. The van der Waals surface area contributed by atoms with E-state index >= 15 is 0 Å². The second-order valence-electron chi connectivity index (χ2n) is 4.80. The van der Waals surface area contributed by atoms with E-state index in [2.05, 4.69) is 12.0 Å². The molecule has 0 fully saturated rings. The molecule has 0 radical (unpaired) electrons. The van der Waals surface area contributed by atoms with Crippen LogP contribution in [0.1, 0.15) is 30.6 Å². The first-order valence-electron chi connectivity index (χ1n) is 6.68. The van der Waals surface area contributed by atoms with Crippen molar-refractivity contribution >= 4 is 11.6 Å². The minimum Gasteiger partial charge on any atom is -0.496 e. The number of halogens is 1. The maximum absolute atomic E-state index is 6.30. The van der Waals surface area contributed by atoms with Crippen LogP contribution in [0.25, 0.3) is 0 Å². The Kier molecular flexibility index (Phi) is 4.68. The van der Waals surface area contributed by atoms with Gasteiger partial charge in [-0.25, -0.2) is 0 Å². The van der Waals surface area contributed by atoms with Crippen molar-refractivity contribution in [3.63, 3.8) is 0 Å². The lowest BCUT2D eigenvalue weighted by Gasteiger charge is -2.25. The van der Waals surface area contributed by atoms with Gasteiger partial charge >= 0.3 is 0 Å². The Morgan fingerprint density at radius 3 is 2.65 bits per heavy atom. The lowest BCUT2D eigenvalue weighted by atomic mass is 9.97. The van der Waals surface area contributed by atoms with Crippen LogP contribution in [0.2, 0.25) is 5.02 Å². The molecule has 0 saturated carbocycles. The molecule has 2 unspecified atom stereocenters. The zero-order valence-electron chi connectivity index (χ0n) is 12.0. The molecule has 1 aromatic carbocycles. The van der Waals surface area contributed by atoms with Crippen LogP contribution in [0.3, 0.4) is 0 Å². The van der Waals surface area contributed by atoms with Gasteiger partial charge in [0, 0.05) is 17.8 Å². The first kappa shape index (κ1) is 14.9. The van der Waals surface area contributed by atoms with Crippen molar-refractivity contribution < 1.29 is 4.74 Å². The van der Waals surface area contributed by atoms with Gasteiger partial charge in [-0.15, -0.1) is 0 Å². The Balaban J connectivity index is 2.52. The summed E-state index contributed by atoms with van der Waals surface area (Å²) in [6.07, 6.45) is 2.66. The minimum absolute atomic E-state index is 0.0679. The molecule has 4 nitrogen and oxygen atoms in total. The Labute approximate surface area is 124 Å². The topological polar surface area (TPSA) is 53.1 Å². The van der Waals surface area contributed by atoms with E-state index < -0.39 is 0 Å². The van der Waals surface area contributed by atoms with Gasteiger partial charge in [0.15, 0.2) is 0 Å². The fraction of sp³-hybridized carbons (Fsp3) is 0.400. The van der Waals surface area contributed by atoms with Crippen LogP contribution in [0.4, 0.5) is 0 Å². The normalized spacial score (nSPS) is 14.1. The number of hydrogen-bond acceptors (Lipinski definition) is 3. The maximum atomic E-state index is 6.30. The van der Waals surface area contributed by atoms with Gasteiger partial charge < -0.3 is 10.5 Å². The highest BCUT2D eigenvalue weighted by Gasteiger charge is 2.25.